The molecular formula is C14H20F3NO. The van der Waals surface area contributed by atoms with Crippen LogP contribution in [0.4, 0.5) is 13.2 Å². The summed E-state index contributed by atoms with van der Waals surface area (Å²) >= 11 is 0. The standard InChI is InChI=1S/C14H20F3NO/c1-13(2,3)12(18)8-11(19)9-5-4-6-10(7-9)14(15,16)17/h4-7,11-12,19H,8,18H2,1-3H3/t11-,12+/m1/s1. The van der Waals surface area contributed by atoms with E-state index in [2.05, 4.69) is 0 Å². The Balaban J connectivity index is 2.86. The van der Waals surface area contributed by atoms with Crippen LogP contribution in [0.5, 0.6) is 0 Å². The molecule has 0 radical (unpaired) electrons. The van der Waals surface area contributed by atoms with Gasteiger partial charge in [-0.25, -0.2) is 0 Å². The van der Waals surface area contributed by atoms with E-state index >= 15 is 0 Å². The first kappa shape index (κ1) is 16.0. The van der Waals surface area contributed by atoms with E-state index in [1.54, 1.807) is 0 Å². The Morgan fingerprint density at radius 1 is 1.21 bits per heavy atom. The first-order valence-electron chi connectivity index (χ1n) is 6.12. The van der Waals surface area contributed by atoms with Crippen molar-refractivity contribution in [3.63, 3.8) is 0 Å². The van der Waals surface area contributed by atoms with E-state index in [0.717, 1.165) is 12.1 Å². The summed E-state index contributed by atoms with van der Waals surface area (Å²) in [7, 11) is 0. The number of alkyl halides is 3. The molecule has 1 aromatic rings. The summed E-state index contributed by atoms with van der Waals surface area (Å²) in [5, 5.41) is 10.00. The molecule has 5 heteroatoms. The summed E-state index contributed by atoms with van der Waals surface area (Å²) in [5.74, 6) is 0. The van der Waals surface area contributed by atoms with Crippen molar-refractivity contribution in [3.05, 3.63) is 35.4 Å². The zero-order valence-electron chi connectivity index (χ0n) is 11.3. The molecule has 108 valence electrons. The molecule has 0 aliphatic rings. The van der Waals surface area contributed by atoms with Gasteiger partial charge >= 0.3 is 6.18 Å². The molecule has 0 heterocycles. The highest BCUT2D eigenvalue weighted by Crippen LogP contribution is 2.32. The first-order valence-corrected chi connectivity index (χ1v) is 6.12. The van der Waals surface area contributed by atoms with Gasteiger partial charge in [0.15, 0.2) is 0 Å². The number of rotatable bonds is 3. The summed E-state index contributed by atoms with van der Waals surface area (Å²) in [4.78, 5) is 0. The van der Waals surface area contributed by atoms with Crippen LogP contribution in [0.15, 0.2) is 24.3 Å². The van der Waals surface area contributed by atoms with Gasteiger partial charge in [-0.2, -0.15) is 13.2 Å². The molecule has 0 saturated heterocycles. The Morgan fingerprint density at radius 2 is 1.79 bits per heavy atom. The van der Waals surface area contributed by atoms with Gasteiger partial charge in [-0.1, -0.05) is 32.9 Å². The molecule has 0 fully saturated rings. The van der Waals surface area contributed by atoms with E-state index in [1.807, 2.05) is 20.8 Å². The van der Waals surface area contributed by atoms with Crippen molar-refractivity contribution in [2.45, 2.75) is 45.5 Å². The molecule has 0 aliphatic carbocycles. The van der Waals surface area contributed by atoms with Crippen LogP contribution >= 0.6 is 0 Å². The second-order valence-corrected chi connectivity index (χ2v) is 5.85. The SMILES string of the molecule is CC(C)(C)[C@@H](N)C[C@@H](O)c1cccc(C(F)(F)F)c1. The average molecular weight is 275 g/mol. The monoisotopic (exact) mass is 275 g/mol. The Labute approximate surface area is 111 Å². The molecule has 0 amide bonds. The fraction of sp³-hybridized carbons (Fsp3) is 0.571. The van der Waals surface area contributed by atoms with Crippen LogP contribution in [0.1, 0.15) is 44.4 Å². The highest BCUT2D eigenvalue weighted by Gasteiger charge is 2.31. The molecule has 1 aromatic carbocycles. The molecule has 3 N–H and O–H groups in total. The number of hydrogen-bond donors (Lipinski definition) is 2. The Bertz CT molecular complexity index is 423. The normalized spacial score (nSPS) is 16.2. The van der Waals surface area contributed by atoms with Crippen molar-refractivity contribution in [3.8, 4) is 0 Å². The third-order valence-electron chi connectivity index (χ3n) is 3.19. The van der Waals surface area contributed by atoms with Gasteiger partial charge in [0, 0.05) is 6.04 Å². The average Bonchev–Trinajstić information content (AvgIpc) is 2.26. The van der Waals surface area contributed by atoms with E-state index in [9.17, 15) is 18.3 Å². The van der Waals surface area contributed by atoms with Crippen molar-refractivity contribution in [2.24, 2.45) is 11.1 Å². The Hall–Kier alpha value is -1.07. The lowest BCUT2D eigenvalue weighted by Gasteiger charge is -2.29. The largest absolute Gasteiger partial charge is 0.416 e. The van der Waals surface area contributed by atoms with E-state index in [1.165, 1.54) is 12.1 Å². The second kappa shape index (κ2) is 5.51. The zero-order chi connectivity index (χ0) is 14.8. The molecule has 1 rings (SSSR count). The maximum Gasteiger partial charge on any atom is 0.416 e. The molecule has 0 aliphatic heterocycles. The van der Waals surface area contributed by atoms with Crippen LogP contribution in [-0.2, 0) is 6.18 Å². The smallest absolute Gasteiger partial charge is 0.388 e. The van der Waals surface area contributed by atoms with Gasteiger partial charge in [0.05, 0.1) is 11.7 Å². The predicted molar refractivity (Wildman–Crippen MR) is 68.5 cm³/mol. The molecule has 0 unspecified atom stereocenters. The van der Waals surface area contributed by atoms with E-state index < -0.39 is 17.8 Å². The van der Waals surface area contributed by atoms with Gasteiger partial charge in [-0.05, 0) is 29.5 Å². The van der Waals surface area contributed by atoms with Gasteiger partial charge in [0.25, 0.3) is 0 Å². The van der Waals surface area contributed by atoms with Crippen molar-refractivity contribution in [2.75, 3.05) is 0 Å². The van der Waals surface area contributed by atoms with Gasteiger partial charge in [0.2, 0.25) is 0 Å². The number of nitrogens with two attached hydrogens (primary N) is 1. The lowest BCUT2D eigenvalue weighted by atomic mass is 9.83. The van der Waals surface area contributed by atoms with Gasteiger partial charge in [0.1, 0.15) is 0 Å². The Morgan fingerprint density at radius 3 is 2.26 bits per heavy atom. The van der Waals surface area contributed by atoms with Gasteiger partial charge < -0.3 is 10.8 Å². The highest BCUT2D eigenvalue weighted by molar-refractivity contribution is 5.27. The van der Waals surface area contributed by atoms with Crippen LogP contribution in [0, 0.1) is 5.41 Å². The summed E-state index contributed by atoms with van der Waals surface area (Å²) in [5.41, 5.74) is 5.21. The highest BCUT2D eigenvalue weighted by atomic mass is 19.4. The van der Waals surface area contributed by atoms with E-state index in [4.69, 9.17) is 5.73 Å². The molecule has 2 nitrogen and oxygen atoms in total. The van der Waals surface area contributed by atoms with E-state index in [0.29, 0.717) is 0 Å². The zero-order valence-corrected chi connectivity index (χ0v) is 11.3. The minimum absolute atomic E-state index is 0.206. The topological polar surface area (TPSA) is 46.2 Å². The summed E-state index contributed by atoms with van der Waals surface area (Å²) in [6, 6.07) is 4.44. The minimum Gasteiger partial charge on any atom is -0.388 e. The molecule has 19 heavy (non-hydrogen) atoms. The van der Waals surface area contributed by atoms with Crippen molar-refractivity contribution in [1.82, 2.24) is 0 Å². The van der Waals surface area contributed by atoms with Crippen LogP contribution in [0.3, 0.4) is 0 Å². The lowest BCUT2D eigenvalue weighted by molar-refractivity contribution is -0.137. The molecule has 0 saturated carbocycles. The molecular weight excluding hydrogens is 255 g/mol. The third kappa shape index (κ3) is 4.51. The minimum atomic E-state index is -4.40. The predicted octanol–water partition coefficient (Wildman–Crippen LogP) is 3.50. The summed E-state index contributed by atoms with van der Waals surface area (Å²) in [6.07, 6.45) is -5.16. The van der Waals surface area contributed by atoms with E-state index in [-0.39, 0.29) is 23.4 Å². The van der Waals surface area contributed by atoms with Crippen molar-refractivity contribution in [1.29, 1.82) is 0 Å². The van der Waals surface area contributed by atoms with Crippen LogP contribution < -0.4 is 5.73 Å². The molecule has 0 bridgehead atoms. The van der Waals surface area contributed by atoms with Crippen molar-refractivity contribution < 1.29 is 18.3 Å². The number of aliphatic hydroxyl groups is 1. The van der Waals surface area contributed by atoms with Crippen LogP contribution in [0.25, 0.3) is 0 Å². The Kier molecular flexibility index (Phi) is 4.63. The number of halogens is 3. The first-order chi connectivity index (χ1) is 8.51. The quantitative estimate of drug-likeness (QED) is 0.886. The summed E-state index contributed by atoms with van der Waals surface area (Å²) in [6.45, 7) is 5.78. The lowest BCUT2D eigenvalue weighted by Crippen LogP contribution is -2.36. The summed E-state index contributed by atoms with van der Waals surface area (Å²) < 4.78 is 37.7. The maximum atomic E-state index is 12.6. The maximum absolute atomic E-state index is 12.6. The fourth-order valence-electron chi connectivity index (χ4n) is 1.65. The van der Waals surface area contributed by atoms with Gasteiger partial charge in [-0.3, -0.25) is 0 Å². The third-order valence-corrected chi connectivity index (χ3v) is 3.19. The molecule has 0 spiro atoms. The van der Waals surface area contributed by atoms with Crippen LogP contribution in [0.2, 0.25) is 0 Å². The molecule has 2 atom stereocenters. The van der Waals surface area contributed by atoms with Crippen LogP contribution in [-0.4, -0.2) is 11.1 Å². The molecule has 0 aromatic heterocycles. The van der Waals surface area contributed by atoms with Crippen molar-refractivity contribution >= 4 is 0 Å². The van der Waals surface area contributed by atoms with Gasteiger partial charge in [-0.15, -0.1) is 0 Å². The number of benzene rings is 1. The second-order valence-electron chi connectivity index (χ2n) is 5.85. The fourth-order valence-corrected chi connectivity index (χ4v) is 1.65. The number of hydrogen-bond acceptors (Lipinski definition) is 2. The number of aliphatic hydroxyl groups excluding tert-OH is 1.